The largest absolute Gasteiger partial charge is 0.375 e. The first-order valence-corrected chi connectivity index (χ1v) is 11.5. The molecule has 3 rings (SSSR count). The maximum Gasteiger partial charge on any atom is 0.248 e. The molecule has 2 heterocycles. The summed E-state index contributed by atoms with van der Waals surface area (Å²) >= 11 is 1.72. The summed E-state index contributed by atoms with van der Waals surface area (Å²) in [5, 5.41) is 0.112. The Morgan fingerprint density at radius 3 is 2.45 bits per heavy atom. The van der Waals surface area contributed by atoms with Gasteiger partial charge in [-0.2, -0.15) is 0 Å². The number of benzene rings is 1. The molecule has 2 saturated heterocycles. The summed E-state index contributed by atoms with van der Waals surface area (Å²) in [6, 6.07) is 8.74. The van der Waals surface area contributed by atoms with Gasteiger partial charge >= 0.3 is 0 Å². The molecule has 0 aromatic heterocycles. The predicted molar refractivity (Wildman–Crippen MR) is 116 cm³/mol. The third kappa shape index (κ3) is 5.53. The van der Waals surface area contributed by atoms with Gasteiger partial charge in [-0.3, -0.25) is 9.59 Å². The standard InChI is InChI=1S/C22H33N3O3S/c1-22(2,3)18-7-5-17(6-8-18)21-25(20(27)16-29-21)14-11-23-9-12-24(13-10-23)19(26)15-28-4/h5-8,21H,9-16H2,1-4H3/p+1/t21-/m1/s1. The van der Waals surface area contributed by atoms with Crippen LogP contribution in [0.2, 0.25) is 0 Å². The first-order valence-electron chi connectivity index (χ1n) is 10.4. The van der Waals surface area contributed by atoms with Crippen molar-refractivity contribution >= 4 is 23.6 Å². The minimum atomic E-state index is 0.0661. The third-order valence-corrected chi connectivity index (χ3v) is 7.08. The van der Waals surface area contributed by atoms with Crippen molar-refractivity contribution in [2.24, 2.45) is 0 Å². The van der Waals surface area contributed by atoms with Gasteiger partial charge in [0.2, 0.25) is 11.8 Å². The molecule has 1 aromatic carbocycles. The Bertz CT molecular complexity index is 709. The van der Waals surface area contributed by atoms with Crippen molar-refractivity contribution in [1.82, 2.24) is 9.80 Å². The average molecular weight is 421 g/mol. The van der Waals surface area contributed by atoms with Crippen LogP contribution in [-0.2, 0) is 19.7 Å². The molecule has 1 atom stereocenters. The average Bonchev–Trinajstić information content (AvgIpc) is 3.07. The van der Waals surface area contributed by atoms with E-state index in [0.717, 1.165) is 39.3 Å². The quantitative estimate of drug-likeness (QED) is 0.744. The van der Waals surface area contributed by atoms with E-state index in [4.69, 9.17) is 4.74 Å². The summed E-state index contributed by atoms with van der Waals surface area (Å²) in [7, 11) is 1.55. The molecule has 0 radical (unpaired) electrons. The number of carbonyl (C=O) groups is 2. The predicted octanol–water partition coefficient (Wildman–Crippen LogP) is 0.932. The van der Waals surface area contributed by atoms with Gasteiger partial charge in [0.05, 0.1) is 45.0 Å². The summed E-state index contributed by atoms with van der Waals surface area (Å²) in [6.45, 7) is 11.9. The highest BCUT2D eigenvalue weighted by Crippen LogP contribution is 2.38. The zero-order chi connectivity index (χ0) is 21.0. The van der Waals surface area contributed by atoms with Gasteiger partial charge in [-0.1, -0.05) is 45.0 Å². The maximum absolute atomic E-state index is 12.5. The molecular weight excluding hydrogens is 386 g/mol. The molecule has 1 aromatic rings. The molecule has 2 amide bonds. The highest BCUT2D eigenvalue weighted by molar-refractivity contribution is 8.00. The van der Waals surface area contributed by atoms with E-state index in [-0.39, 0.29) is 29.2 Å². The zero-order valence-corrected chi connectivity index (χ0v) is 18.9. The highest BCUT2D eigenvalue weighted by Gasteiger charge is 2.34. The number of quaternary nitrogens is 1. The van der Waals surface area contributed by atoms with E-state index in [1.54, 1.807) is 18.9 Å². The molecule has 0 saturated carbocycles. The molecule has 0 unspecified atom stereocenters. The fourth-order valence-corrected chi connectivity index (χ4v) is 5.15. The number of rotatable bonds is 6. The number of nitrogens with zero attached hydrogens (tertiary/aromatic N) is 2. The van der Waals surface area contributed by atoms with E-state index in [9.17, 15) is 9.59 Å². The maximum atomic E-state index is 12.5. The Kier molecular flexibility index (Phi) is 7.24. The van der Waals surface area contributed by atoms with Gasteiger partial charge in [-0.05, 0) is 16.5 Å². The summed E-state index contributed by atoms with van der Waals surface area (Å²) in [5.74, 6) is 0.852. The number of ether oxygens (including phenoxy) is 1. The second kappa shape index (κ2) is 9.49. The van der Waals surface area contributed by atoms with E-state index in [1.807, 2.05) is 9.80 Å². The number of amides is 2. The Morgan fingerprint density at radius 1 is 1.21 bits per heavy atom. The van der Waals surface area contributed by atoms with Crippen molar-refractivity contribution in [2.45, 2.75) is 31.6 Å². The molecule has 160 valence electrons. The lowest BCUT2D eigenvalue weighted by Crippen LogP contribution is -3.15. The summed E-state index contributed by atoms with van der Waals surface area (Å²) < 4.78 is 4.95. The molecular formula is C22H34N3O3S+. The van der Waals surface area contributed by atoms with E-state index in [0.29, 0.717) is 5.75 Å². The van der Waals surface area contributed by atoms with Crippen molar-refractivity contribution in [2.75, 3.05) is 58.7 Å². The number of piperazine rings is 1. The highest BCUT2D eigenvalue weighted by atomic mass is 32.2. The van der Waals surface area contributed by atoms with Crippen LogP contribution >= 0.6 is 11.8 Å². The fourth-order valence-electron chi connectivity index (χ4n) is 3.94. The second-order valence-corrected chi connectivity index (χ2v) is 10.0. The molecule has 29 heavy (non-hydrogen) atoms. The van der Waals surface area contributed by atoms with Crippen molar-refractivity contribution in [3.05, 3.63) is 35.4 Å². The Hall–Kier alpha value is -1.57. The van der Waals surface area contributed by atoms with Crippen molar-refractivity contribution in [1.29, 1.82) is 0 Å². The molecule has 0 aliphatic carbocycles. The molecule has 2 aliphatic heterocycles. The zero-order valence-electron chi connectivity index (χ0n) is 18.1. The van der Waals surface area contributed by atoms with Crippen LogP contribution in [0.15, 0.2) is 24.3 Å². The minimum Gasteiger partial charge on any atom is -0.375 e. The number of hydrogen-bond acceptors (Lipinski definition) is 4. The van der Waals surface area contributed by atoms with Gasteiger partial charge in [0.1, 0.15) is 12.0 Å². The van der Waals surface area contributed by atoms with Crippen LogP contribution in [0.3, 0.4) is 0 Å². The molecule has 7 heteroatoms. The van der Waals surface area contributed by atoms with Crippen molar-refractivity contribution in [3.63, 3.8) is 0 Å². The van der Waals surface area contributed by atoms with Gasteiger partial charge in [0, 0.05) is 7.11 Å². The molecule has 0 bridgehead atoms. The first kappa shape index (κ1) is 22.1. The fraction of sp³-hybridized carbons (Fsp3) is 0.636. The van der Waals surface area contributed by atoms with Crippen LogP contribution in [0.4, 0.5) is 0 Å². The number of methoxy groups -OCH3 is 1. The lowest BCUT2D eigenvalue weighted by atomic mass is 9.87. The first-order chi connectivity index (χ1) is 13.8. The summed E-state index contributed by atoms with van der Waals surface area (Å²) in [4.78, 5) is 29.8. The normalized spacial score (nSPS) is 21.1. The van der Waals surface area contributed by atoms with Gasteiger partial charge in [-0.25, -0.2) is 0 Å². The molecule has 6 nitrogen and oxygen atoms in total. The van der Waals surface area contributed by atoms with Crippen LogP contribution in [0, 0.1) is 0 Å². The monoisotopic (exact) mass is 420 g/mol. The van der Waals surface area contributed by atoms with Crippen LogP contribution < -0.4 is 4.90 Å². The van der Waals surface area contributed by atoms with Crippen molar-refractivity contribution in [3.8, 4) is 0 Å². The van der Waals surface area contributed by atoms with Crippen LogP contribution in [0.25, 0.3) is 0 Å². The summed E-state index contributed by atoms with van der Waals surface area (Å²) in [6.07, 6.45) is 0. The molecule has 0 spiro atoms. The van der Waals surface area contributed by atoms with Crippen molar-refractivity contribution < 1.29 is 19.2 Å². The van der Waals surface area contributed by atoms with Gasteiger partial charge in [-0.15, -0.1) is 11.8 Å². The number of thioether (sulfide) groups is 1. The third-order valence-electron chi connectivity index (χ3n) is 5.83. The lowest BCUT2D eigenvalue weighted by Gasteiger charge is -2.33. The SMILES string of the molecule is COCC(=O)N1CC[NH+](CCN2C(=O)CS[C@@H]2c2ccc(C(C)(C)C)cc2)CC1. The number of carbonyl (C=O) groups excluding carboxylic acids is 2. The van der Waals surface area contributed by atoms with E-state index in [1.165, 1.54) is 16.0 Å². The van der Waals surface area contributed by atoms with Gasteiger partial charge in [0.15, 0.2) is 0 Å². The topological polar surface area (TPSA) is 54.3 Å². The Morgan fingerprint density at radius 2 is 1.86 bits per heavy atom. The van der Waals surface area contributed by atoms with Crippen LogP contribution in [-0.4, -0.2) is 80.4 Å². The van der Waals surface area contributed by atoms with E-state index >= 15 is 0 Å². The molecule has 2 fully saturated rings. The van der Waals surface area contributed by atoms with Crippen LogP contribution in [0.5, 0.6) is 0 Å². The Balaban J connectivity index is 1.54. The van der Waals surface area contributed by atoms with Crippen LogP contribution in [0.1, 0.15) is 37.3 Å². The lowest BCUT2D eigenvalue weighted by molar-refractivity contribution is -0.903. The van der Waals surface area contributed by atoms with Gasteiger partial charge < -0.3 is 19.4 Å². The smallest absolute Gasteiger partial charge is 0.248 e. The molecule has 2 aliphatic rings. The van der Waals surface area contributed by atoms with Gasteiger partial charge in [0.25, 0.3) is 0 Å². The Labute approximate surface area is 178 Å². The van der Waals surface area contributed by atoms with E-state index < -0.39 is 0 Å². The minimum absolute atomic E-state index is 0.0661. The number of hydrogen-bond donors (Lipinski definition) is 1. The summed E-state index contributed by atoms with van der Waals surface area (Å²) in [5.41, 5.74) is 2.65. The number of nitrogens with one attached hydrogen (secondary N) is 1. The van der Waals surface area contributed by atoms with E-state index in [2.05, 4.69) is 45.0 Å². The molecule has 1 N–H and O–H groups in total. The second-order valence-electron chi connectivity index (χ2n) is 8.94.